The normalized spacial score (nSPS) is 12.7. The van der Waals surface area contributed by atoms with Crippen LogP contribution in [-0.4, -0.2) is 27.4 Å². The molecule has 0 saturated carbocycles. The fraction of sp³-hybridized carbons (Fsp3) is 0.600. The van der Waals surface area contributed by atoms with Gasteiger partial charge in [-0.25, -0.2) is 0 Å². The molecule has 1 aromatic rings. The summed E-state index contributed by atoms with van der Waals surface area (Å²) in [6, 6.07) is 0. The maximum absolute atomic E-state index is 10.9. The third-order valence-corrected chi connectivity index (χ3v) is 2.35. The third-order valence-electron chi connectivity index (χ3n) is 2.35. The van der Waals surface area contributed by atoms with Gasteiger partial charge in [0.05, 0.1) is 12.1 Å². The molecule has 0 aromatic carbocycles. The Morgan fingerprint density at radius 1 is 1.73 bits per heavy atom. The second-order valence-electron chi connectivity index (χ2n) is 3.69. The van der Waals surface area contributed by atoms with E-state index in [0.717, 1.165) is 12.0 Å². The summed E-state index contributed by atoms with van der Waals surface area (Å²) < 4.78 is 1.68. The molecule has 0 radical (unpaired) electrons. The fourth-order valence-corrected chi connectivity index (χ4v) is 1.54. The minimum atomic E-state index is -0.757. The average molecular weight is 211 g/mol. The van der Waals surface area contributed by atoms with Gasteiger partial charge in [0.25, 0.3) is 0 Å². The summed E-state index contributed by atoms with van der Waals surface area (Å²) in [5.41, 5.74) is 6.33. The largest absolute Gasteiger partial charge is 0.481 e. The molecule has 1 heterocycles. The minimum Gasteiger partial charge on any atom is -0.481 e. The van der Waals surface area contributed by atoms with Crippen molar-refractivity contribution >= 4 is 5.97 Å². The minimum absolute atomic E-state index is 0.349. The van der Waals surface area contributed by atoms with Crippen LogP contribution in [0.5, 0.6) is 0 Å². The van der Waals surface area contributed by atoms with Gasteiger partial charge in [-0.3, -0.25) is 9.48 Å². The molecule has 5 heteroatoms. The van der Waals surface area contributed by atoms with E-state index in [1.165, 1.54) is 0 Å². The Kier molecular flexibility index (Phi) is 4.30. The number of nitrogens with two attached hydrogens (primary N) is 1. The Morgan fingerprint density at radius 2 is 2.47 bits per heavy atom. The first-order valence-electron chi connectivity index (χ1n) is 5.04. The Morgan fingerprint density at radius 3 is 2.93 bits per heavy atom. The summed E-state index contributed by atoms with van der Waals surface area (Å²) in [5, 5.41) is 13.0. The molecule has 0 bridgehead atoms. The second-order valence-corrected chi connectivity index (χ2v) is 3.69. The number of nitrogens with zero attached hydrogens (tertiary/aromatic N) is 2. The van der Waals surface area contributed by atoms with E-state index in [9.17, 15) is 4.79 Å². The predicted molar refractivity (Wildman–Crippen MR) is 56.3 cm³/mol. The SMILES string of the molecule is Cn1cc(CC(CCCN)C(=O)O)cn1. The number of aryl methyl sites for hydroxylation is 1. The lowest BCUT2D eigenvalue weighted by atomic mass is 9.96. The van der Waals surface area contributed by atoms with Gasteiger partial charge >= 0.3 is 5.97 Å². The van der Waals surface area contributed by atoms with Gasteiger partial charge in [-0.2, -0.15) is 5.10 Å². The van der Waals surface area contributed by atoms with Crippen LogP contribution < -0.4 is 5.73 Å². The van der Waals surface area contributed by atoms with E-state index in [-0.39, 0.29) is 5.92 Å². The third kappa shape index (κ3) is 3.71. The van der Waals surface area contributed by atoms with Crippen LogP contribution in [0, 0.1) is 5.92 Å². The van der Waals surface area contributed by atoms with Crippen molar-refractivity contribution in [3.8, 4) is 0 Å². The molecule has 15 heavy (non-hydrogen) atoms. The Labute approximate surface area is 88.9 Å². The van der Waals surface area contributed by atoms with Crippen molar-refractivity contribution in [1.29, 1.82) is 0 Å². The zero-order valence-electron chi connectivity index (χ0n) is 8.89. The molecule has 0 aliphatic heterocycles. The zero-order valence-corrected chi connectivity index (χ0v) is 8.89. The molecule has 0 fully saturated rings. The number of rotatable bonds is 6. The van der Waals surface area contributed by atoms with Gasteiger partial charge in [-0.1, -0.05) is 0 Å². The molecule has 5 nitrogen and oxygen atoms in total. The number of carbonyl (C=O) groups is 1. The molecule has 0 aliphatic rings. The van der Waals surface area contributed by atoms with Crippen LogP contribution >= 0.6 is 0 Å². The fourth-order valence-electron chi connectivity index (χ4n) is 1.54. The van der Waals surface area contributed by atoms with Crippen LogP contribution in [0.4, 0.5) is 0 Å². The first-order valence-corrected chi connectivity index (χ1v) is 5.04. The number of carboxylic acids is 1. The van der Waals surface area contributed by atoms with E-state index in [0.29, 0.717) is 19.4 Å². The highest BCUT2D eigenvalue weighted by molar-refractivity contribution is 5.70. The highest BCUT2D eigenvalue weighted by Gasteiger charge is 2.17. The smallest absolute Gasteiger partial charge is 0.306 e. The molecule has 1 unspecified atom stereocenters. The first kappa shape index (κ1) is 11.7. The van der Waals surface area contributed by atoms with Crippen LogP contribution in [0.15, 0.2) is 12.4 Å². The quantitative estimate of drug-likeness (QED) is 0.713. The first-order chi connectivity index (χ1) is 7.13. The van der Waals surface area contributed by atoms with Crippen LogP contribution in [0.25, 0.3) is 0 Å². The molecule has 3 N–H and O–H groups in total. The lowest BCUT2D eigenvalue weighted by Gasteiger charge is -2.09. The standard InChI is InChI=1S/C10H17N3O2/c1-13-7-8(6-12-13)5-9(10(14)15)3-2-4-11/h6-7,9H,2-5,11H2,1H3,(H,14,15). The average Bonchev–Trinajstić information content (AvgIpc) is 2.58. The van der Waals surface area contributed by atoms with E-state index in [2.05, 4.69) is 5.10 Å². The number of hydrogen-bond donors (Lipinski definition) is 2. The van der Waals surface area contributed by atoms with Crippen LogP contribution in [0.2, 0.25) is 0 Å². The van der Waals surface area contributed by atoms with Gasteiger partial charge in [-0.05, 0) is 31.4 Å². The van der Waals surface area contributed by atoms with Gasteiger partial charge < -0.3 is 10.8 Å². The maximum Gasteiger partial charge on any atom is 0.306 e. The van der Waals surface area contributed by atoms with Crippen molar-refractivity contribution in [2.45, 2.75) is 19.3 Å². The van der Waals surface area contributed by atoms with E-state index in [1.54, 1.807) is 10.9 Å². The zero-order chi connectivity index (χ0) is 11.3. The maximum atomic E-state index is 10.9. The van der Waals surface area contributed by atoms with Crippen molar-refractivity contribution in [3.63, 3.8) is 0 Å². The van der Waals surface area contributed by atoms with Crippen LogP contribution in [-0.2, 0) is 18.3 Å². The topological polar surface area (TPSA) is 81.1 Å². The molecule has 0 saturated heterocycles. The van der Waals surface area contributed by atoms with Crippen molar-refractivity contribution < 1.29 is 9.90 Å². The van der Waals surface area contributed by atoms with Crippen LogP contribution in [0.1, 0.15) is 18.4 Å². The second kappa shape index (κ2) is 5.50. The van der Waals surface area contributed by atoms with Gasteiger partial charge in [0.2, 0.25) is 0 Å². The molecule has 1 rings (SSSR count). The summed E-state index contributed by atoms with van der Waals surface area (Å²) in [6.07, 6.45) is 5.46. The van der Waals surface area contributed by atoms with E-state index in [1.807, 2.05) is 13.2 Å². The summed E-state index contributed by atoms with van der Waals surface area (Å²) >= 11 is 0. The van der Waals surface area contributed by atoms with Gasteiger partial charge in [-0.15, -0.1) is 0 Å². The van der Waals surface area contributed by atoms with E-state index < -0.39 is 5.97 Å². The number of hydrogen-bond acceptors (Lipinski definition) is 3. The van der Waals surface area contributed by atoms with Crippen molar-refractivity contribution in [2.24, 2.45) is 18.7 Å². The molecule has 0 amide bonds. The van der Waals surface area contributed by atoms with Crippen molar-refractivity contribution in [1.82, 2.24) is 9.78 Å². The Balaban J connectivity index is 2.54. The van der Waals surface area contributed by atoms with Gasteiger partial charge in [0.15, 0.2) is 0 Å². The Bertz CT molecular complexity index is 322. The number of carboxylic acid groups (broad SMARTS) is 1. The lowest BCUT2D eigenvalue weighted by molar-refractivity contribution is -0.141. The number of aromatic nitrogens is 2. The summed E-state index contributed by atoms with van der Waals surface area (Å²) in [5.74, 6) is -1.11. The summed E-state index contributed by atoms with van der Waals surface area (Å²) in [4.78, 5) is 10.9. The van der Waals surface area contributed by atoms with Gasteiger partial charge in [0, 0.05) is 13.2 Å². The lowest BCUT2D eigenvalue weighted by Crippen LogP contribution is -2.17. The van der Waals surface area contributed by atoms with Crippen molar-refractivity contribution in [3.05, 3.63) is 18.0 Å². The van der Waals surface area contributed by atoms with Crippen LogP contribution in [0.3, 0.4) is 0 Å². The predicted octanol–water partition coefficient (Wildman–Crippen LogP) is 0.402. The monoisotopic (exact) mass is 211 g/mol. The highest BCUT2D eigenvalue weighted by Crippen LogP contribution is 2.13. The van der Waals surface area contributed by atoms with E-state index in [4.69, 9.17) is 10.8 Å². The molecule has 1 aromatic heterocycles. The van der Waals surface area contributed by atoms with Crippen molar-refractivity contribution in [2.75, 3.05) is 6.54 Å². The summed E-state index contributed by atoms with van der Waals surface area (Å²) in [6.45, 7) is 0.539. The molecule has 84 valence electrons. The number of aliphatic carboxylic acids is 1. The molecular weight excluding hydrogens is 194 g/mol. The van der Waals surface area contributed by atoms with E-state index >= 15 is 0 Å². The molecule has 0 aliphatic carbocycles. The molecular formula is C10H17N3O2. The molecule has 1 atom stereocenters. The molecule has 0 spiro atoms. The van der Waals surface area contributed by atoms with Gasteiger partial charge in [0.1, 0.15) is 0 Å². The summed E-state index contributed by atoms with van der Waals surface area (Å²) in [7, 11) is 1.82. The Hall–Kier alpha value is -1.36. The highest BCUT2D eigenvalue weighted by atomic mass is 16.4.